The van der Waals surface area contributed by atoms with Crippen LogP contribution in [0.4, 0.5) is 0 Å². The molecule has 3 aromatic rings. The number of ether oxygens (including phenoxy) is 1. The van der Waals surface area contributed by atoms with Crippen LogP contribution >= 0.6 is 47.2 Å². The van der Waals surface area contributed by atoms with Gasteiger partial charge in [-0.2, -0.15) is 4.57 Å². The van der Waals surface area contributed by atoms with Gasteiger partial charge in [0.1, 0.15) is 12.8 Å². The highest BCUT2D eigenvalue weighted by Gasteiger charge is 2.17. The molecule has 0 radical (unpaired) electrons. The van der Waals surface area contributed by atoms with Crippen molar-refractivity contribution in [3.63, 3.8) is 0 Å². The Morgan fingerprint density at radius 3 is 2.40 bits per heavy atom. The molecule has 0 spiro atoms. The molecule has 2 nitrogen and oxygen atoms in total. The molecule has 0 bridgehead atoms. The van der Waals surface area contributed by atoms with Gasteiger partial charge < -0.3 is 4.74 Å². The minimum absolute atomic E-state index is 0. The quantitative estimate of drug-likeness (QED) is 0.314. The molecule has 0 aliphatic carbocycles. The first kappa shape index (κ1) is 15.6. The summed E-state index contributed by atoms with van der Waals surface area (Å²) in [5.74, 6) is 0.794. The maximum absolute atomic E-state index is 6.52. The van der Waals surface area contributed by atoms with E-state index >= 15 is 0 Å². The van der Waals surface area contributed by atoms with Crippen molar-refractivity contribution in [3.8, 4) is 5.75 Å². The summed E-state index contributed by atoms with van der Waals surface area (Å²) < 4.78 is 7.34. The number of aryl methyl sites for hydroxylation is 1. The van der Waals surface area contributed by atoms with E-state index in [1.165, 1.54) is 0 Å². The summed E-state index contributed by atoms with van der Waals surface area (Å²) in [5, 5.41) is 3.37. The largest absolute Gasteiger partial charge is 0.497 e. The molecule has 2 aromatic carbocycles. The number of benzene rings is 2. The Balaban J connectivity index is 0.00000147. The topological polar surface area (TPSA) is 13.1 Å². The minimum Gasteiger partial charge on any atom is -0.497 e. The zero-order valence-electron chi connectivity index (χ0n) is 11.0. The molecule has 104 valence electrons. The van der Waals surface area contributed by atoms with Crippen LogP contribution in [0.1, 0.15) is 0 Å². The van der Waals surface area contributed by atoms with Gasteiger partial charge in [0.15, 0.2) is 0 Å². The molecule has 0 unspecified atom stereocenters. The molecule has 0 amide bonds. The minimum atomic E-state index is 0. The predicted molar refractivity (Wildman–Crippen MR) is 94.6 cm³/mol. The number of aromatic nitrogens is 1. The van der Waals surface area contributed by atoms with Crippen LogP contribution in [0.15, 0.2) is 36.4 Å². The van der Waals surface area contributed by atoms with Gasteiger partial charge in [0.2, 0.25) is 11.0 Å². The normalized spacial score (nSPS) is 10.6. The van der Waals surface area contributed by atoms with E-state index in [1.54, 1.807) is 7.11 Å². The van der Waals surface area contributed by atoms with Gasteiger partial charge in [0, 0.05) is 17.2 Å². The lowest BCUT2D eigenvalue weighted by molar-refractivity contribution is -0.617. The van der Waals surface area contributed by atoms with E-state index in [4.69, 9.17) is 27.9 Å². The van der Waals surface area contributed by atoms with E-state index in [1.807, 2.05) is 43.4 Å². The van der Waals surface area contributed by atoms with E-state index in [0.717, 1.165) is 32.6 Å². The fourth-order valence-corrected chi connectivity index (χ4v) is 2.83. The zero-order valence-corrected chi connectivity index (χ0v) is 14.8. The van der Waals surface area contributed by atoms with E-state index in [9.17, 15) is 0 Å². The van der Waals surface area contributed by atoms with Crippen LogP contribution in [0.25, 0.3) is 21.8 Å². The van der Waals surface area contributed by atoms with Gasteiger partial charge in [-0.1, -0.05) is 23.2 Å². The summed E-state index contributed by atoms with van der Waals surface area (Å²) in [6.45, 7) is 0. The molecule has 0 aliphatic rings. The van der Waals surface area contributed by atoms with Crippen LogP contribution in [-0.4, -0.2) is 7.11 Å². The SMILES string of the molecule is COc1ccc2c(c1)c(Cl)c1ccc(Cl)cc1[n+]2C.I. The number of nitrogens with zero attached hydrogens (tertiary/aromatic N) is 1. The smallest absolute Gasteiger partial charge is 0.215 e. The molecular formula is C15H13Cl2INO+. The summed E-state index contributed by atoms with van der Waals surface area (Å²) in [6.07, 6.45) is 0. The van der Waals surface area contributed by atoms with Crippen LogP contribution in [0.5, 0.6) is 5.75 Å². The molecule has 1 aromatic heterocycles. The number of fused-ring (bicyclic) bond motifs is 2. The molecule has 0 fully saturated rings. The summed E-state index contributed by atoms with van der Waals surface area (Å²) in [7, 11) is 3.65. The van der Waals surface area contributed by atoms with Crippen molar-refractivity contribution in [2.45, 2.75) is 0 Å². The van der Waals surface area contributed by atoms with E-state index in [2.05, 4.69) is 4.57 Å². The number of rotatable bonds is 1. The number of methoxy groups -OCH3 is 1. The number of hydrogen-bond acceptors (Lipinski definition) is 1. The first-order valence-electron chi connectivity index (χ1n) is 5.86. The van der Waals surface area contributed by atoms with Gasteiger partial charge in [-0.15, -0.1) is 24.0 Å². The van der Waals surface area contributed by atoms with Crippen molar-refractivity contribution in [2.75, 3.05) is 7.11 Å². The second-order valence-electron chi connectivity index (χ2n) is 4.42. The lowest BCUT2D eigenvalue weighted by atomic mass is 10.1. The Bertz CT molecular complexity index is 805. The lowest BCUT2D eigenvalue weighted by Crippen LogP contribution is -2.30. The van der Waals surface area contributed by atoms with Gasteiger partial charge >= 0.3 is 0 Å². The molecule has 0 N–H and O–H groups in total. The summed E-state index contributed by atoms with van der Waals surface area (Å²) in [6, 6.07) is 11.6. The molecule has 20 heavy (non-hydrogen) atoms. The molecule has 0 aliphatic heterocycles. The van der Waals surface area contributed by atoms with Gasteiger partial charge in [-0.25, -0.2) is 0 Å². The predicted octanol–water partition coefficient (Wildman–Crippen LogP) is 4.75. The van der Waals surface area contributed by atoms with Gasteiger partial charge in [-0.3, -0.25) is 0 Å². The highest BCUT2D eigenvalue weighted by atomic mass is 127. The lowest BCUT2D eigenvalue weighted by Gasteiger charge is -2.07. The van der Waals surface area contributed by atoms with Crippen LogP contribution in [0.3, 0.4) is 0 Å². The van der Waals surface area contributed by atoms with Crippen molar-refractivity contribution >= 4 is 69.0 Å². The number of hydrogen-bond donors (Lipinski definition) is 0. The molecule has 0 atom stereocenters. The first-order chi connectivity index (χ1) is 9.11. The van der Waals surface area contributed by atoms with Crippen molar-refractivity contribution in [2.24, 2.45) is 7.05 Å². The standard InChI is InChI=1S/C15H12Cl2NO.HI/c1-18-13-6-4-10(19-2)8-12(13)15(17)11-5-3-9(16)7-14(11)18;/h3-8H,1-2H3;1H/q+1;. The Labute approximate surface area is 144 Å². The van der Waals surface area contributed by atoms with Crippen LogP contribution in [0, 0.1) is 0 Å². The Hall–Kier alpha value is -0.780. The van der Waals surface area contributed by atoms with Crippen LogP contribution in [-0.2, 0) is 7.05 Å². The molecule has 0 saturated heterocycles. The maximum atomic E-state index is 6.52. The van der Waals surface area contributed by atoms with E-state index in [0.29, 0.717) is 5.02 Å². The van der Waals surface area contributed by atoms with Crippen LogP contribution < -0.4 is 9.30 Å². The molecular weight excluding hydrogens is 408 g/mol. The third-order valence-corrected chi connectivity index (χ3v) is 4.00. The Morgan fingerprint density at radius 1 is 0.950 bits per heavy atom. The van der Waals surface area contributed by atoms with Crippen LogP contribution in [0.2, 0.25) is 10.0 Å². The second-order valence-corrected chi connectivity index (χ2v) is 5.23. The highest BCUT2D eigenvalue weighted by molar-refractivity contribution is 14.0. The third-order valence-electron chi connectivity index (χ3n) is 3.36. The maximum Gasteiger partial charge on any atom is 0.215 e. The number of pyridine rings is 1. The van der Waals surface area contributed by atoms with E-state index in [-0.39, 0.29) is 24.0 Å². The van der Waals surface area contributed by atoms with Gasteiger partial charge in [0.25, 0.3) is 0 Å². The summed E-state index contributed by atoms with van der Waals surface area (Å²) in [4.78, 5) is 0. The fraction of sp³-hybridized carbons (Fsp3) is 0.133. The Morgan fingerprint density at radius 2 is 1.70 bits per heavy atom. The average Bonchev–Trinajstić information content (AvgIpc) is 2.44. The first-order valence-corrected chi connectivity index (χ1v) is 6.62. The monoisotopic (exact) mass is 420 g/mol. The zero-order chi connectivity index (χ0) is 13.6. The highest BCUT2D eigenvalue weighted by Crippen LogP contribution is 2.32. The van der Waals surface area contributed by atoms with Crippen molar-refractivity contribution in [1.82, 2.24) is 0 Å². The van der Waals surface area contributed by atoms with E-state index < -0.39 is 0 Å². The Kier molecular flexibility index (Phi) is 4.62. The second kappa shape index (κ2) is 5.92. The van der Waals surface area contributed by atoms with Crippen molar-refractivity contribution in [1.29, 1.82) is 0 Å². The summed E-state index contributed by atoms with van der Waals surface area (Å²) in [5.41, 5.74) is 2.05. The summed E-state index contributed by atoms with van der Waals surface area (Å²) >= 11 is 12.6. The molecule has 1 heterocycles. The molecule has 0 saturated carbocycles. The van der Waals surface area contributed by atoms with Crippen molar-refractivity contribution < 1.29 is 9.30 Å². The van der Waals surface area contributed by atoms with Gasteiger partial charge in [-0.05, 0) is 24.3 Å². The number of halogens is 3. The average molecular weight is 421 g/mol. The fourth-order valence-electron chi connectivity index (χ4n) is 2.35. The third kappa shape index (κ3) is 2.43. The molecule has 5 heteroatoms. The van der Waals surface area contributed by atoms with Crippen molar-refractivity contribution in [3.05, 3.63) is 46.4 Å². The molecule has 3 rings (SSSR count). The van der Waals surface area contributed by atoms with Gasteiger partial charge in [0.05, 0.1) is 22.9 Å².